The molecule has 2 rings (SSSR count). The van der Waals surface area contributed by atoms with E-state index in [0.717, 1.165) is 5.56 Å². The molecule has 6 heteroatoms. The minimum atomic E-state index is -0.943. The van der Waals surface area contributed by atoms with Gasteiger partial charge in [0.1, 0.15) is 0 Å². The second kappa shape index (κ2) is 8.19. The van der Waals surface area contributed by atoms with Crippen LogP contribution in [0.1, 0.15) is 22.8 Å². The maximum atomic E-state index is 12.2. The van der Waals surface area contributed by atoms with Crippen LogP contribution in [0.5, 0.6) is 11.5 Å². The molecule has 2 aromatic rings. The summed E-state index contributed by atoms with van der Waals surface area (Å²) < 4.78 is 15.5. The maximum Gasteiger partial charge on any atom is 0.339 e. The van der Waals surface area contributed by atoms with Crippen molar-refractivity contribution < 1.29 is 23.8 Å². The molecule has 6 nitrogen and oxygen atoms in total. The summed E-state index contributed by atoms with van der Waals surface area (Å²) in [5.74, 6) is -0.106. The van der Waals surface area contributed by atoms with Gasteiger partial charge in [0, 0.05) is 5.69 Å². The fraction of sp³-hybridized carbons (Fsp3) is 0.263. The molecule has 0 radical (unpaired) electrons. The van der Waals surface area contributed by atoms with Gasteiger partial charge < -0.3 is 19.5 Å². The molecule has 0 saturated heterocycles. The number of rotatable bonds is 6. The number of methoxy groups -OCH3 is 2. The number of benzene rings is 2. The van der Waals surface area contributed by atoms with Gasteiger partial charge in [-0.05, 0) is 49.7 Å². The highest BCUT2D eigenvalue weighted by atomic mass is 16.5. The standard InChI is InChI=1S/C19H21NO5/c1-12-6-5-7-15(10-12)20-18(21)13(2)25-19(22)14-8-9-16(23-3)17(11-14)24-4/h5-11,13H,1-4H3,(H,20,21)/t13-/m0/s1. The van der Waals surface area contributed by atoms with Gasteiger partial charge in [0.15, 0.2) is 17.6 Å². The van der Waals surface area contributed by atoms with Crippen LogP contribution >= 0.6 is 0 Å². The molecule has 1 atom stereocenters. The van der Waals surface area contributed by atoms with Crippen LogP contribution in [0, 0.1) is 6.92 Å². The molecule has 1 N–H and O–H groups in total. The zero-order chi connectivity index (χ0) is 18.4. The molecular weight excluding hydrogens is 322 g/mol. The van der Waals surface area contributed by atoms with Crippen LogP contribution in [-0.4, -0.2) is 32.2 Å². The number of esters is 1. The zero-order valence-electron chi connectivity index (χ0n) is 14.7. The lowest BCUT2D eigenvalue weighted by atomic mass is 10.2. The number of nitrogens with one attached hydrogen (secondary N) is 1. The highest BCUT2D eigenvalue weighted by molar-refractivity contribution is 5.97. The predicted molar refractivity (Wildman–Crippen MR) is 94.2 cm³/mol. The molecule has 1 amide bonds. The topological polar surface area (TPSA) is 73.9 Å². The Kier molecular flexibility index (Phi) is 6.00. The molecule has 0 saturated carbocycles. The van der Waals surface area contributed by atoms with Crippen LogP contribution in [0.15, 0.2) is 42.5 Å². The van der Waals surface area contributed by atoms with Gasteiger partial charge in [-0.25, -0.2) is 4.79 Å². The van der Waals surface area contributed by atoms with Gasteiger partial charge in [0.2, 0.25) is 0 Å². The third-order valence-electron chi connectivity index (χ3n) is 3.56. The lowest BCUT2D eigenvalue weighted by Gasteiger charge is -2.14. The Morgan fingerprint density at radius 2 is 1.72 bits per heavy atom. The minimum Gasteiger partial charge on any atom is -0.493 e. The second-order valence-corrected chi connectivity index (χ2v) is 5.48. The fourth-order valence-corrected chi connectivity index (χ4v) is 2.21. The van der Waals surface area contributed by atoms with Crippen molar-refractivity contribution in [1.29, 1.82) is 0 Å². The average molecular weight is 343 g/mol. The molecule has 0 aromatic heterocycles. The summed E-state index contributed by atoms with van der Waals surface area (Å²) in [6.07, 6.45) is -0.943. The first-order valence-corrected chi connectivity index (χ1v) is 7.75. The van der Waals surface area contributed by atoms with E-state index in [0.29, 0.717) is 17.2 Å². The van der Waals surface area contributed by atoms with Crippen LogP contribution in [0.25, 0.3) is 0 Å². The highest BCUT2D eigenvalue weighted by Gasteiger charge is 2.20. The lowest BCUT2D eigenvalue weighted by Crippen LogP contribution is -2.30. The summed E-state index contributed by atoms with van der Waals surface area (Å²) in [6.45, 7) is 3.44. The van der Waals surface area contributed by atoms with Crippen molar-refractivity contribution in [3.05, 3.63) is 53.6 Å². The third-order valence-corrected chi connectivity index (χ3v) is 3.56. The van der Waals surface area contributed by atoms with E-state index in [4.69, 9.17) is 14.2 Å². The van der Waals surface area contributed by atoms with Gasteiger partial charge in [0.25, 0.3) is 5.91 Å². The van der Waals surface area contributed by atoms with Crippen molar-refractivity contribution >= 4 is 17.6 Å². The SMILES string of the molecule is COc1ccc(C(=O)O[C@@H](C)C(=O)Nc2cccc(C)c2)cc1OC. The smallest absolute Gasteiger partial charge is 0.339 e. The molecule has 0 aliphatic rings. The largest absolute Gasteiger partial charge is 0.493 e. The molecule has 0 aliphatic carbocycles. The molecule has 0 heterocycles. The lowest BCUT2D eigenvalue weighted by molar-refractivity contribution is -0.123. The molecule has 0 aliphatic heterocycles. The number of amides is 1. The Labute approximate surface area is 146 Å². The Balaban J connectivity index is 2.03. The van der Waals surface area contributed by atoms with Crippen molar-refractivity contribution in [1.82, 2.24) is 0 Å². The average Bonchev–Trinajstić information content (AvgIpc) is 2.60. The van der Waals surface area contributed by atoms with Crippen molar-refractivity contribution in [3.63, 3.8) is 0 Å². The van der Waals surface area contributed by atoms with Gasteiger partial charge in [-0.15, -0.1) is 0 Å². The molecule has 132 valence electrons. The van der Waals surface area contributed by atoms with E-state index in [-0.39, 0.29) is 5.56 Å². The van der Waals surface area contributed by atoms with E-state index in [2.05, 4.69) is 5.32 Å². The fourth-order valence-electron chi connectivity index (χ4n) is 2.21. The second-order valence-electron chi connectivity index (χ2n) is 5.48. The highest BCUT2D eigenvalue weighted by Crippen LogP contribution is 2.28. The molecule has 25 heavy (non-hydrogen) atoms. The first-order valence-electron chi connectivity index (χ1n) is 7.75. The number of ether oxygens (including phenoxy) is 3. The van der Waals surface area contributed by atoms with E-state index in [9.17, 15) is 9.59 Å². The van der Waals surface area contributed by atoms with Crippen LogP contribution < -0.4 is 14.8 Å². The number of hydrogen-bond donors (Lipinski definition) is 1. The third kappa shape index (κ3) is 4.73. The minimum absolute atomic E-state index is 0.271. The van der Waals surface area contributed by atoms with Crippen molar-refractivity contribution in [2.45, 2.75) is 20.0 Å². The van der Waals surface area contributed by atoms with Gasteiger partial charge in [-0.3, -0.25) is 4.79 Å². The Morgan fingerprint density at radius 3 is 2.36 bits per heavy atom. The number of aryl methyl sites for hydroxylation is 1. The number of carbonyl (C=O) groups excluding carboxylic acids is 2. The first kappa shape index (κ1) is 18.3. The van der Waals surface area contributed by atoms with E-state index >= 15 is 0 Å². The van der Waals surface area contributed by atoms with Crippen molar-refractivity contribution in [2.24, 2.45) is 0 Å². The Hall–Kier alpha value is -3.02. The quantitative estimate of drug-likeness (QED) is 0.816. The summed E-state index contributed by atoms with van der Waals surface area (Å²) in [7, 11) is 2.98. The van der Waals surface area contributed by atoms with E-state index in [1.807, 2.05) is 25.1 Å². The summed E-state index contributed by atoms with van der Waals surface area (Å²) in [4.78, 5) is 24.4. The molecule has 0 fully saturated rings. The maximum absolute atomic E-state index is 12.2. The van der Waals surface area contributed by atoms with Crippen LogP contribution in [0.4, 0.5) is 5.69 Å². The monoisotopic (exact) mass is 343 g/mol. The molecule has 0 bridgehead atoms. The van der Waals surface area contributed by atoms with E-state index in [1.54, 1.807) is 18.2 Å². The van der Waals surface area contributed by atoms with Gasteiger partial charge in [-0.1, -0.05) is 12.1 Å². The number of hydrogen-bond acceptors (Lipinski definition) is 5. The first-order chi connectivity index (χ1) is 11.9. The van der Waals surface area contributed by atoms with Crippen LogP contribution in [0.2, 0.25) is 0 Å². The summed E-state index contributed by atoms with van der Waals surface area (Å²) in [5.41, 5.74) is 1.94. The molecule has 0 spiro atoms. The van der Waals surface area contributed by atoms with Gasteiger partial charge in [0.05, 0.1) is 19.8 Å². The van der Waals surface area contributed by atoms with Gasteiger partial charge >= 0.3 is 5.97 Å². The van der Waals surface area contributed by atoms with Crippen LogP contribution in [-0.2, 0) is 9.53 Å². The summed E-state index contributed by atoms with van der Waals surface area (Å²) in [5, 5.41) is 2.72. The molecular formula is C19H21NO5. The predicted octanol–water partition coefficient (Wildman–Crippen LogP) is 3.20. The number of anilines is 1. The van der Waals surface area contributed by atoms with Crippen molar-refractivity contribution in [2.75, 3.05) is 19.5 Å². The molecule has 2 aromatic carbocycles. The molecule has 0 unspecified atom stereocenters. The zero-order valence-corrected chi connectivity index (χ0v) is 14.7. The Morgan fingerprint density at radius 1 is 1.00 bits per heavy atom. The number of carbonyl (C=O) groups is 2. The van der Waals surface area contributed by atoms with E-state index in [1.165, 1.54) is 27.2 Å². The summed E-state index contributed by atoms with van der Waals surface area (Å²) in [6, 6.07) is 12.0. The Bertz CT molecular complexity index is 772. The van der Waals surface area contributed by atoms with Crippen molar-refractivity contribution in [3.8, 4) is 11.5 Å². The summed E-state index contributed by atoms with van der Waals surface area (Å²) >= 11 is 0. The van der Waals surface area contributed by atoms with Gasteiger partial charge in [-0.2, -0.15) is 0 Å². The van der Waals surface area contributed by atoms with E-state index < -0.39 is 18.0 Å². The van der Waals surface area contributed by atoms with Crippen LogP contribution in [0.3, 0.4) is 0 Å². The normalized spacial score (nSPS) is 11.4.